The average molecular weight is 438 g/mol. The number of nitrogens with zero attached hydrogens (tertiary/aromatic N) is 2. The molecule has 0 aliphatic carbocycles. The smallest absolute Gasteiger partial charge is 0.307 e. The van der Waals surface area contributed by atoms with Crippen LogP contribution in [0.3, 0.4) is 0 Å². The highest BCUT2D eigenvalue weighted by Crippen LogP contribution is 2.26. The Morgan fingerprint density at radius 1 is 1.14 bits per heavy atom. The van der Waals surface area contributed by atoms with Crippen LogP contribution in [0.5, 0.6) is 0 Å². The Morgan fingerprint density at radius 2 is 1.83 bits per heavy atom. The molecular weight excluding hydrogens is 410 g/mol. The van der Waals surface area contributed by atoms with E-state index >= 15 is 0 Å². The third-order valence-corrected chi connectivity index (χ3v) is 8.12. The lowest BCUT2D eigenvalue weighted by Crippen LogP contribution is -2.32. The standard InChI is InChI=1S/C20H27N3O4S2/c1-15-7-8-17(21-19(24)9-12-23-16(2)14-28-20(23)25)13-18(15)29(26,27)22-10-5-3-4-6-11-22/h7-8,13-14H,3-6,9-12H2,1-2H3,(H,21,24). The molecule has 1 aliphatic rings. The first-order chi connectivity index (χ1) is 13.8. The fraction of sp³-hybridized carbons (Fsp3) is 0.500. The number of nitrogens with one attached hydrogen (secondary N) is 1. The van der Waals surface area contributed by atoms with Gasteiger partial charge in [0.2, 0.25) is 15.9 Å². The third-order valence-electron chi connectivity index (χ3n) is 5.19. The van der Waals surface area contributed by atoms with E-state index in [-0.39, 0.29) is 22.1 Å². The molecule has 9 heteroatoms. The summed E-state index contributed by atoms with van der Waals surface area (Å²) in [7, 11) is -3.60. The topological polar surface area (TPSA) is 88.5 Å². The lowest BCUT2D eigenvalue weighted by Gasteiger charge is -2.21. The molecule has 2 heterocycles. The molecule has 1 amide bonds. The number of hydrogen-bond acceptors (Lipinski definition) is 5. The summed E-state index contributed by atoms with van der Waals surface area (Å²) in [6.45, 7) is 4.96. The van der Waals surface area contributed by atoms with E-state index in [9.17, 15) is 18.0 Å². The Bertz CT molecular complexity index is 1030. The Morgan fingerprint density at radius 3 is 2.45 bits per heavy atom. The van der Waals surface area contributed by atoms with Crippen molar-refractivity contribution in [3.63, 3.8) is 0 Å². The molecule has 1 aromatic heterocycles. The Labute approximate surface area is 175 Å². The molecule has 1 aliphatic heterocycles. The van der Waals surface area contributed by atoms with E-state index in [4.69, 9.17) is 0 Å². The molecule has 0 bridgehead atoms. The number of anilines is 1. The third kappa shape index (κ3) is 5.15. The minimum atomic E-state index is -3.60. The fourth-order valence-corrected chi connectivity index (χ4v) is 6.02. The molecule has 0 spiro atoms. The van der Waals surface area contributed by atoms with Crippen molar-refractivity contribution in [2.24, 2.45) is 0 Å². The van der Waals surface area contributed by atoms with Crippen LogP contribution in [0.1, 0.15) is 43.4 Å². The van der Waals surface area contributed by atoms with Gasteiger partial charge < -0.3 is 9.88 Å². The lowest BCUT2D eigenvalue weighted by molar-refractivity contribution is -0.116. The van der Waals surface area contributed by atoms with Gasteiger partial charge in [0.1, 0.15) is 0 Å². The number of aromatic nitrogens is 1. The SMILES string of the molecule is Cc1ccc(NC(=O)CCn2c(C)csc2=O)cc1S(=O)(=O)N1CCCCCC1. The summed E-state index contributed by atoms with van der Waals surface area (Å²) in [4.78, 5) is 24.2. The van der Waals surface area contributed by atoms with Crippen LogP contribution >= 0.6 is 11.3 Å². The maximum Gasteiger partial charge on any atom is 0.307 e. The number of aryl methyl sites for hydroxylation is 2. The predicted molar refractivity (Wildman–Crippen MR) is 115 cm³/mol. The normalized spacial score (nSPS) is 15.8. The van der Waals surface area contributed by atoms with Gasteiger partial charge in [-0.3, -0.25) is 9.59 Å². The molecule has 0 unspecified atom stereocenters. The number of carbonyl (C=O) groups is 1. The molecule has 29 heavy (non-hydrogen) atoms. The van der Waals surface area contributed by atoms with Crippen molar-refractivity contribution in [3.8, 4) is 0 Å². The zero-order chi connectivity index (χ0) is 21.0. The van der Waals surface area contributed by atoms with Crippen molar-refractivity contribution >= 4 is 33.0 Å². The van der Waals surface area contributed by atoms with Crippen LogP contribution in [0.2, 0.25) is 0 Å². The van der Waals surface area contributed by atoms with E-state index in [2.05, 4.69) is 5.32 Å². The highest BCUT2D eigenvalue weighted by atomic mass is 32.2. The monoisotopic (exact) mass is 437 g/mol. The second-order valence-corrected chi connectivity index (χ2v) is 10.1. The number of carbonyl (C=O) groups excluding carboxylic acids is 1. The van der Waals surface area contributed by atoms with Gasteiger partial charge in [-0.15, -0.1) is 0 Å². The van der Waals surface area contributed by atoms with Crippen molar-refractivity contribution < 1.29 is 13.2 Å². The van der Waals surface area contributed by atoms with Crippen molar-refractivity contribution in [1.29, 1.82) is 0 Å². The minimum Gasteiger partial charge on any atom is -0.326 e. The summed E-state index contributed by atoms with van der Waals surface area (Å²) in [5, 5.41) is 4.53. The number of hydrogen-bond donors (Lipinski definition) is 1. The summed E-state index contributed by atoms with van der Waals surface area (Å²) in [5.74, 6) is -0.260. The van der Waals surface area contributed by atoms with E-state index in [1.165, 1.54) is 6.07 Å². The summed E-state index contributed by atoms with van der Waals surface area (Å²) < 4.78 is 29.4. The zero-order valence-electron chi connectivity index (χ0n) is 16.8. The van der Waals surface area contributed by atoms with Crippen LogP contribution < -0.4 is 10.2 Å². The molecule has 1 saturated heterocycles. The van der Waals surface area contributed by atoms with E-state index in [0.717, 1.165) is 42.7 Å². The van der Waals surface area contributed by atoms with Gasteiger partial charge in [-0.05, 0) is 44.4 Å². The first-order valence-electron chi connectivity index (χ1n) is 9.84. The lowest BCUT2D eigenvalue weighted by atomic mass is 10.2. The number of rotatable bonds is 6. The van der Waals surface area contributed by atoms with Gasteiger partial charge in [-0.25, -0.2) is 8.42 Å². The molecule has 0 saturated carbocycles. The molecule has 0 radical (unpaired) electrons. The largest absolute Gasteiger partial charge is 0.326 e. The van der Waals surface area contributed by atoms with E-state index in [1.54, 1.807) is 33.3 Å². The Kier molecular flexibility index (Phi) is 6.92. The molecular formula is C20H27N3O4S2. The molecule has 3 rings (SSSR count). The summed E-state index contributed by atoms with van der Waals surface area (Å²) in [5.41, 5.74) is 1.94. The summed E-state index contributed by atoms with van der Waals surface area (Å²) >= 11 is 1.11. The zero-order valence-corrected chi connectivity index (χ0v) is 18.4. The van der Waals surface area contributed by atoms with Crippen LogP contribution in [-0.4, -0.2) is 36.3 Å². The summed E-state index contributed by atoms with van der Waals surface area (Å²) in [6, 6.07) is 4.96. The first-order valence-corrected chi connectivity index (χ1v) is 12.2. The number of benzene rings is 1. The number of thiazole rings is 1. The van der Waals surface area contributed by atoms with E-state index in [0.29, 0.717) is 30.9 Å². The van der Waals surface area contributed by atoms with Gasteiger partial charge in [0, 0.05) is 42.8 Å². The molecule has 1 aromatic carbocycles. The van der Waals surface area contributed by atoms with Crippen LogP contribution in [0.25, 0.3) is 0 Å². The summed E-state index contributed by atoms with van der Waals surface area (Å²) in [6.07, 6.45) is 3.98. The second kappa shape index (κ2) is 9.23. The van der Waals surface area contributed by atoms with E-state index in [1.807, 2.05) is 6.92 Å². The van der Waals surface area contributed by atoms with Gasteiger partial charge in [0.15, 0.2) is 0 Å². The maximum absolute atomic E-state index is 13.1. The molecule has 1 fully saturated rings. The molecule has 0 atom stereocenters. The van der Waals surface area contributed by atoms with Crippen molar-refractivity contribution in [3.05, 3.63) is 44.5 Å². The number of amides is 1. The fourth-order valence-electron chi connectivity index (χ4n) is 3.49. The van der Waals surface area contributed by atoms with Gasteiger partial charge in [-0.2, -0.15) is 4.31 Å². The van der Waals surface area contributed by atoms with E-state index < -0.39 is 10.0 Å². The van der Waals surface area contributed by atoms with Gasteiger partial charge in [0.05, 0.1) is 4.90 Å². The minimum absolute atomic E-state index is 0.0866. The van der Waals surface area contributed by atoms with Crippen LogP contribution in [0.15, 0.2) is 33.3 Å². The Balaban J connectivity index is 1.73. The van der Waals surface area contributed by atoms with Crippen molar-refractivity contribution in [1.82, 2.24) is 8.87 Å². The quantitative estimate of drug-likeness (QED) is 0.752. The highest BCUT2D eigenvalue weighted by molar-refractivity contribution is 7.89. The first kappa shape index (κ1) is 21.7. The number of sulfonamides is 1. The van der Waals surface area contributed by atoms with Gasteiger partial charge in [-0.1, -0.05) is 30.2 Å². The van der Waals surface area contributed by atoms with Crippen LogP contribution in [-0.2, 0) is 21.4 Å². The van der Waals surface area contributed by atoms with Crippen molar-refractivity contribution in [2.75, 3.05) is 18.4 Å². The van der Waals surface area contributed by atoms with Crippen molar-refractivity contribution in [2.45, 2.75) is 57.4 Å². The Hall–Kier alpha value is -1.97. The molecule has 158 valence electrons. The predicted octanol–water partition coefficient (Wildman–Crippen LogP) is 3.12. The average Bonchev–Trinajstić information content (AvgIpc) is 2.88. The van der Waals surface area contributed by atoms with Crippen LogP contribution in [0.4, 0.5) is 5.69 Å². The molecule has 2 aromatic rings. The maximum atomic E-state index is 13.1. The van der Waals surface area contributed by atoms with Gasteiger partial charge >= 0.3 is 4.87 Å². The van der Waals surface area contributed by atoms with Crippen LogP contribution in [0, 0.1) is 13.8 Å². The second-order valence-electron chi connectivity index (χ2n) is 7.39. The molecule has 1 N–H and O–H groups in total. The van der Waals surface area contributed by atoms with Gasteiger partial charge in [0.25, 0.3) is 0 Å². The molecule has 7 nitrogen and oxygen atoms in total. The highest BCUT2D eigenvalue weighted by Gasteiger charge is 2.27.